The number of rotatable bonds is 2. The molecule has 1 aromatic carbocycles. The van der Waals surface area contributed by atoms with Crippen molar-refractivity contribution < 1.29 is 39.6 Å². The van der Waals surface area contributed by atoms with Crippen LogP contribution in [0.1, 0.15) is 24.5 Å². The van der Waals surface area contributed by atoms with Crippen molar-refractivity contribution in [3.8, 4) is 5.75 Å². The van der Waals surface area contributed by atoms with Crippen molar-refractivity contribution in [1.82, 2.24) is 5.32 Å². The van der Waals surface area contributed by atoms with Gasteiger partial charge in [0.25, 0.3) is 5.91 Å². The molecular weight excluding hydrogens is 444 g/mol. The number of phenols is 1. The normalized spacial score (nSPS) is 29.3. The minimum Gasteiger partial charge on any atom is -0.508 e. The molecule has 7 N–H and O–H groups in total. The molecule has 0 aliphatic heterocycles. The Hall–Kier alpha value is -3.37. The number of aliphatic hydroxyl groups excluding tert-OH is 2. The summed E-state index contributed by atoms with van der Waals surface area (Å²) in [7, 11) is 0. The van der Waals surface area contributed by atoms with Crippen LogP contribution in [-0.2, 0) is 25.6 Å². The monoisotopic (exact) mass is 462 g/mol. The minimum absolute atomic E-state index is 0.0778. The number of aromatic hydroxyl groups is 1. The predicted octanol–water partition coefficient (Wildman–Crippen LogP) is 0.192. The highest BCUT2D eigenvalue weighted by molar-refractivity contribution is 6.32. The second-order valence-electron chi connectivity index (χ2n) is 8.15. The molecule has 1 fully saturated rings. The Morgan fingerprint density at radius 3 is 2.47 bits per heavy atom. The largest absolute Gasteiger partial charge is 0.508 e. The van der Waals surface area contributed by atoms with Crippen LogP contribution < -0.4 is 11.1 Å². The van der Waals surface area contributed by atoms with Gasteiger partial charge in [0.2, 0.25) is 11.7 Å². The van der Waals surface area contributed by atoms with Crippen LogP contribution >= 0.6 is 11.6 Å². The van der Waals surface area contributed by atoms with E-state index in [1.165, 1.54) is 12.1 Å². The molecule has 0 aromatic heterocycles. The zero-order valence-electron chi connectivity index (χ0n) is 16.7. The minimum atomic E-state index is -2.81. The molecule has 10 nitrogen and oxygen atoms in total. The second-order valence-corrected chi connectivity index (χ2v) is 8.56. The molecular formula is C21H19ClN2O8. The molecule has 32 heavy (non-hydrogen) atoms. The zero-order valence-corrected chi connectivity index (χ0v) is 17.4. The standard InChI is InChI=1S/C21H19ClN2O8/c1-6(25)24-15-9-5-7-4-8-10(22)2-3-11(26)13(8)16(27)12(7)18(29)21(9,32)19(30)14(17(15)28)20(23)31/h2-3,7,9,15,26-27,30,32H,4-5H2,1H3,(H2,23,31)(H,24,25)/t7-,9-,15-,21-/m0/s1. The first-order valence-corrected chi connectivity index (χ1v) is 10.0. The number of hydrogen-bond acceptors (Lipinski definition) is 8. The van der Waals surface area contributed by atoms with E-state index in [2.05, 4.69) is 5.32 Å². The number of ketones is 2. The Labute approximate surface area is 186 Å². The molecule has 0 saturated heterocycles. The highest BCUT2D eigenvalue weighted by atomic mass is 35.5. The second kappa shape index (κ2) is 7.07. The van der Waals surface area contributed by atoms with E-state index in [1.54, 1.807) is 0 Å². The number of amides is 2. The maximum Gasteiger partial charge on any atom is 0.255 e. The van der Waals surface area contributed by atoms with E-state index >= 15 is 0 Å². The van der Waals surface area contributed by atoms with Gasteiger partial charge in [0.05, 0.1) is 11.6 Å². The third-order valence-electron chi connectivity index (χ3n) is 6.38. The van der Waals surface area contributed by atoms with Crippen LogP contribution in [0.3, 0.4) is 0 Å². The summed E-state index contributed by atoms with van der Waals surface area (Å²) in [6.07, 6.45) is -0.0612. The van der Waals surface area contributed by atoms with E-state index in [4.69, 9.17) is 17.3 Å². The highest BCUT2D eigenvalue weighted by Crippen LogP contribution is 2.52. The maximum atomic E-state index is 13.5. The third-order valence-corrected chi connectivity index (χ3v) is 6.74. The molecule has 0 bridgehead atoms. The molecule has 168 valence electrons. The fourth-order valence-electron chi connectivity index (χ4n) is 5.02. The average Bonchev–Trinajstić information content (AvgIpc) is 2.70. The molecule has 0 spiro atoms. The van der Waals surface area contributed by atoms with Gasteiger partial charge in [0.1, 0.15) is 22.8 Å². The first kappa shape index (κ1) is 21.8. The number of halogens is 1. The van der Waals surface area contributed by atoms with Crippen LogP contribution in [0.25, 0.3) is 5.76 Å². The smallest absolute Gasteiger partial charge is 0.255 e. The summed E-state index contributed by atoms with van der Waals surface area (Å²) in [6, 6.07) is 1.13. The van der Waals surface area contributed by atoms with Gasteiger partial charge in [0.15, 0.2) is 11.4 Å². The number of phenolic OH excluding ortho intramolecular Hbond substituents is 1. The summed E-state index contributed by atoms with van der Waals surface area (Å²) in [6.45, 7) is 1.11. The lowest BCUT2D eigenvalue weighted by atomic mass is 9.57. The number of benzene rings is 1. The van der Waals surface area contributed by atoms with Gasteiger partial charge in [-0.3, -0.25) is 19.2 Å². The summed E-state index contributed by atoms with van der Waals surface area (Å²) >= 11 is 6.22. The Morgan fingerprint density at radius 2 is 1.88 bits per heavy atom. The van der Waals surface area contributed by atoms with Gasteiger partial charge in [-0.15, -0.1) is 0 Å². The van der Waals surface area contributed by atoms with Crippen LogP contribution in [0.5, 0.6) is 5.75 Å². The van der Waals surface area contributed by atoms with Crippen molar-refractivity contribution in [3.05, 3.63) is 45.2 Å². The van der Waals surface area contributed by atoms with Crippen molar-refractivity contribution in [3.63, 3.8) is 0 Å². The maximum absolute atomic E-state index is 13.5. The highest BCUT2D eigenvalue weighted by Gasteiger charge is 2.64. The topological polar surface area (TPSA) is 187 Å². The summed E-state index contributed by atoms with van der Waals surface area (Å²) in [5.74, 6) is -8.57. The fraction of sp³-hybridized carbons (Fsp3) is 0.333. The van der Waals surface area contributed by atoms with E-state index in [0.29, 0.717) is 5.56 Å². The van der Waals surface area contributed by atoms with Gasteiger partial charge >= 0.3 is 0 Å². The van der Waals surface area contributed by atoms with E-state index < -0.39 is 64.0 Å². The van der Waals surface area contributed by atoms with E-state index in [1.807, 2.05) is 0 Å². The van der Waals surface area contributed by atoms with Crippen molar-refractivity contribution in [2.75, 3.05) is 0 Å². The third kappa shape index (κ3) is 2.76. The van der Waals surface area contributed by atoms with Crippen molar-refractivity contribution in [1.29, 1.82) is 0 Å². The summed E-state index contributed by atoms with van der Waals surface area (Å²) < 4.78 is 0. The fourth-order valence-corrected chi connectivity index (χ4v) is 5.26. The predicted molar refractivity (Wildman–Crippen MR) is 109 cm³/mol. The van der Waals surface area contributed by atoms with Crippen LogP contribution in [0.2, 0.25) is 5.02 Å². The van der Waals surface area contributed by atoms with Gasteiger partial charge in [-0.1, -0.05) is 11.6 Å². The van der Waals surface area contributed by atoms with Gasteiger partial charge in [0, 0.05) is 23.4 Å². The van der Waals surface area contributed by atoms with Crippen molar-refractivity contribution in [2.45, 2.75) is 31.4 Å². The lowest BCUT2D eigenvalue weighted by Gasteiger charge is -2.48. The number of fused-ring (bicyclic) bond motifs is 3. The van der Waals surface area contributed by atoms with Gasteiger partial charge < -0.3 is 31.5 Å². The molecule has 3 aliphatic carbocycles. The molecule has 4 rings (SSSR count). The van der Waals surface area contributed by atoms with Crippen LogP contribution in [0.4, 0.5) is 0 Å². The lowest BCUT2D eigenvalue weighted by molar-refractivity contribution is -0.151. The Kier molecular flexibility index (Phi) is 4.83. The SMILES string of the molecule is CC(=O)N[C@@H]1C(=O)C(C(N)=O)=C(O)[C@@]2(O)C(=O)C3=C(O)c4c(O)ccc(Cl)c4C[C@H]3C[C@@H]12. The number of aliphatic hydroxyl groups is 3. The Bertz CT molecular complexity index is 1190. The van der Waals surface area contributed by atoms with Crippen LogP contribution in [-0.4, -0.2) is 55.4 Å². The van der Waals surface area contributed by atoms with E-state index in [9.17, 15) is 39.6 Å². The van der Waals surface area contributed by atoms with Crippen molar-refractivity contribution >= 4 is 40.7 Å². The number of primary amides is 1. The molecule has 4 atom stereocenters. The Morgan fingerprint density at radius 1 is 1.22 bits per heavy atom. The number of carbonyl (C=O) groups is 4. The lowest BCUT2D eigenvalue weighted by Crippen LogP contribution is -2.66. The van der Waals surface area contributed by atoms with Gasteiger partial charge in [-0.2, -0.15) is 0 Å². The molecule has 2 amide bonds. The molecule has 0 unspecified atom stereocenters. The quantitative estimate of drug-likeness (QED) is 0.336. The van der Waals surface area contributed by atoms with Crippen LogP contribution in [0, 0.1) is 11.8 Å². The number of nitrogens with one attached hydrogen (secondary N) is 1. The Balaban J connectivity index is 1.97. The van der Waals surface area contributed by atoms with Crippen molar-refractivity contribution in [2.24, 2.45) is 17.6 Å². The van der Waals surface area contributed by atoms with Gasteiger partial charge in [-0.05, 0) is 36.5 Å². The van der Waals surface area contributed by atoms with E-state index in [0.717, 1.165) is 6.92 Å². The first-order valence-electron chi connectivity index (χ1n) is 9.67. The number of carbonyl (C=O) groups excluding carboxylic acids is 4. The molecule has 3 aliphatic rings. The summed E-state index contributed by atoms with van der Waals surface area (Å²) in [4.78, 5) is 50.0. The molecule has 0 heterocycles. The zero-order chi connectivity index (χ0) is 23.7. The molecule has 11 heteroatoms. The first-order chi connectivity index (χ1) is 14.9. The summed E-state index contributed by atoms with van der Waals surface area (Å²) in [5.41, 5.74) is 1.39. The van der Waals surface area contributed by atoms with Crippen LogP contribution in [0.15, 0.2) is 29.0 Å². The molecule has 0 radical (unpaired) electrons. The average molecular weight is 463 g/mol. The molecule has 1 saturated carbocycles. The molecule has 1 aromatic rings. The number of hydrogen-bond donors (Lipinski definition) is 6. The number of nitrogens with two attached hydrogens (primary N) is 1. The van der Waals surface area contributed by atoms with E-state index in [-0.39, 0.29) is 34.8 Å². The summed E-state index contributed by atoms with van der Waals surface area (Å²) in [5, 5.41) is 45.7. The van der Waals surface area contributed by atoms with Gasteiger partial charge in [-0.25, -0.2) is 0 Å². The number of Topliss-reactive ketones (excluding diaryl/α,β-unsaturated/α-hetero) is 2.